The van der Waals surface area contributed by atoms with E-state index in [0.717, 1.165) is 26.1 Å². The van der Waals surface area contributed by atoms with Gasteiger partial charge in [0, 0.05) is 37.8 Å². The van der Waals surface area contributed by atoms with E-state index in [0.29, 0.717) is 11.2 Å². The number of thiazole rings is 1. The molecule has 4 nitrogen and oxygen atoms in total. The summed E-state index contributed by atoms with van der Waals surface area (Å²) in [6.07, 6.45) is 3.39. The van der Waals surface area contributed by atoms with Crippen molar-refractivity contribution in [3.8, 4) is 0 Å². The number of nitrogens with zero attached hydrogens (tertiary/aromatic N) is 2. The largest absolute Gasteiger partial charge is 0.380 e. The predicted octanol–water partition coefficient (Wildman–Crippen LogP) is 1.37. The van der Waals surface area contributed by atoms with Gasteiger partial charge in [-0.2, -0.15) is 0 Å². The lowest BCUT2D eigenvalue weighted by Gasteiger charge is -2.13. The molecular formula is C9H16ClN3OS. The van der Waals surface area contributed by atoms with E-state index in [2.05, 4.69) is 9.88 Å². The van der Waals surface area contributed by atoms with Gasteiger partial charge in [0.2, 0.25) is 0 Å². The third-order valence-corrected chi connectivity index (χ3v) is 3.32. The summed E-state index contributed by atoms with van der Waals surface area (Å²) >= 11 is 1.57. The van der Waals surface area contributed by atoms with E-state index in [-0.39, 0.29) is 12.4 Å². The Balaban J connectivity index is 0.00000112. The number of aromatic nitrogens is 1. The van der Waals surface area contributed by atoms with Gasteiger partial charge in [0.1, 0.15) is 0 Å². The molecule has 2 N–H and O–H groups in total. The van der Waals surface area contributed by atoms with Crippen molar-refractivity contribution in [2.45, 2.75) is 19.1 Å². The Labute approximate surface area is 99.8 Å². The number of anilines is 1. The van der Waals surface area contributed by atoms with E-state index < -0.39 is 0 Å². The van der Waals surface area contributed by atoms with Crippen molar-refractivity contribution in [3.63, 3.8) is 0 Å². The van der Waals surface area contributed by atoms with Crippen molar-refractivity contribution in [2.75, 3.05) is 25.9 Å². The minimum absolute atomic E-state index is 0. The highest BCUT2D eigenvalue weighted by molar-refractivity contribution is 7.15. The molecule has 0 radical (unpaired) electrons. The second-order valence-electron chi connectivity index (χ2n) is 3.55. The Morgan fingerprint density at radius 2 is 2.53 bits per heavy atom. The van der Waals surface area contributed by atoms with Gasteiger partial charge in [0.25, 0.3) is 0 Å². The second kappa shape index (κ2) is 5.65. The third kappa shape index (κ3) is 3.31. The second-order valence-corrected chi connectivity index (χ2v) is 4.69. The first-order chi connectivity index (χ1) is 6.78. The fraction of sp³-hybridized carbons (Fsp3) is 0.667. The first-order valence-corrected chi connectivity index (χ1v) is 5.55. The van der Waals surface area contributed by atoms with Crippen LogP contribution in [0.2, 0.25) is 0 Å². The van der Waals surface area contributed by atoms with Crippen molar-refractivity contribution in [1.29, 1.82) is 0 Å². The van der Waals surface area contributed by atoms with Crippen molar-refractivity contribution in [1.82, 2.24) is 9.88 Å². The Morgan fingerprint density at radius 1 is 1.73 bits per heavy atom. The highest BCUT2D eigenvalue weighted by atomic mass is 35.5. The fourth-order valence-corrected chi connectivity index (χ4v) is 2.48. The van der Waals surface area contributed by atoms with Crippen LogP contribution in [0.25, 0.3) is 0 Å². The topological polar surface area (TPSA) is 51.4 Å². The van der Waals surface area contributed by atoms with E-state index in [9.17, 15) is 0 Å². The summed E-state index contributed by atoms with van der Waals surface area (Å²) in [6, 6.07) is 0. The molecule has 15 heavy (non-hydrogen) atoms. The van der Waals surface area contributed by atoms with Gasteiger partial charge in [-0.3, -0.25) is 4.90 Å². The van der Waals surface area contributed by atoms with Crippen LogP contribution in [-0.2, 0) is 11.3 Å². The van der Waals surface area contributed by atoms with Gasteiger partial charge in [-0.25, -0.2) is 4.98 Å². The lowest BCUT2D eigenvalue weighted by atomic mass is 10.3. The lowest BCUT2D eigenvalue weighted by Crippen LogP contribution is -2.21. The number of ether oxygens (including phenoxy) is 1. The van der Waals surface area contributed by atoms with Gasteiger partial charge < -0.3 is 10.5 Å². The molecule has 0 aliphatic carbocycles. The van der Waals surface area contributed by atoms with Gasteiger partial charge >= 0.3 is 0 Å². The zero-order valence-corrected chi connectivity index (χ0v) is 10.3. The van der Waals surface area contributed by atoms with E-state index in [1.54, 1.807) is 18.4 Å². The molecule has 0 bridgehead atoms. The van der Waals surface area contributed by atoms with Crippen LogP contribution in [0, 0.1) is 0 Å². The fourth-order valence-electron chi connectivity index (χ4n) is 1.75. The molecule has 1 aliphatic heterocycles. The minimum Gasteiger partial charge on any atom is -0.380 e. The van der Waals surface area contributed by atoms with Gasteiger partial charge in [-0.05, 0) is 6.42 Å². The zero-order chi connectivity index (χ0) is 9.97. The van der Waals surface area contributed by atoms with E-state index in [1.165, 1.54) is 4.88 Å². The number of hydrogen-bond donors (Lipinski definition) is 1. The average molecular weight is 250 g/mol. The van der Waals surface area contributed by atoms with Crippen molar-refractivity contribution < 1.29 is 4.74 Å². The van der Waals surface area contributed by atoms with Crippen LogP contribution in [0.5, 0.6) is 0 Å². The number of nitrogens with two attached hydrogens (primary N) is 1. The maximum Gasteiger partial charge on any atom is 0.180 e. The van der Waals surface area contributed by atoms with E-state index in [1.807, 2.05) is 6.20 Å². The van der Waals surface area contributed by atoms with Crippen LogP contribution >= 0.6 is 23.7 Å². The Morgan fingerprint density at radius 3 is 3.07 bits per heavy atom. The normalized spacial score (nSPS) is 21.5. The van der Waals surface area contributed by atoms with Gasteiger partial charge in [-0.15, -0.1) is 23.7 Å². The molecule has 1 aliphatic rings. The lowest BCUT2D eigenvalue weighted by molar-refractivity contribution is 0.107. The van der Waals surface area contributed by atoms with Crippen molar-refractivity contribution in [3.05, 3.63) is 11.1 Å². The third-order valence-electron chi connectivity index (χ3n) is 2.51. The molecule has 2 rings (SSSR count). The Bertz CT molecular complexity index is 307. The smallest absolute Gasteiger partial charge is 0.180 e. The highest BCUT2D eigenvalue weighted by Gasteiger charge is 2.22. The molecular weight excluding hydrogens is 234 g/mol. The summed E-state index contributed by atoms with van der Waals surface area (Å²) in [5, 5.41) is 0.655. The Hall–Kier alpha value is -0.360. The predicted molar refractivity (Wildman–Crippen MR) is 64.5 cm³/mol. The monoisotopic (exact) mass is 249 g/mol. The number of methoxy groups -OCH3 is 1. The van der Waals surface area contributed by atoms with Gasteiger partial charge in [0.05, 0.1) is 6.10 Å². The van der Waals surface area contributed by atoms with Gasteiger partial charge in [0.15, 0.2) is 5.13 Å². The number of halogens is 1. The van der Waals surface area contributed by atoms with Crippen LogP contribution in [-0.4, -0.2) is 36.2 Å². The molecule has 1 atom stereocenters. The molecule has 0 aromatic carbocycles. The van der Waals surface area contributed by atoms with Gasteiger partial charge in [-0.1, -0.05) is 0 Å². The molecule has 1 saturated heterocycles. The number of hydrogen-bond acceptors (Lipinski definition) is 5. The summed E-state index contributed by atoms with van der Waals surface area (Å²) in [5.41, 5.74) is 5.57. The van der Waals surface area contributed by atoms with Crippen LogP contribution in [0.1, 0.15) is 11.3 Å². The molecule has 0 spiro atoms. The van der Waals surface area contributed by atoms with Crippen LogP contribution in [0.15, 0.2) is 6.20 Å². The SMILES string of the molecule is CO[C@@H]1CCN(Cc2cnc(N)s2)C1.Cl. The summed E-state index contributed by atoms with van der Waals surface area (Å²) in [4.78, 5) is 7.65. The molecule has 0 unspecified atom stereocenters. The number of rotatable bonds is 3. The number of likely N-dealkylation sites (tertiary alicyclic amines) is 1. The number of nitrogen functional groups attached to an aromatic ring is 1. The highest BCUT2D eigenvalue weighted by Crippen LogP contribution is 2.20. The average Bonchev–Trinajstić information content (AvgIpc) is 2.76. The molecule has 2 heterocycles. The molecule has 0 amide bonds. The van der Waals surface area contributed by atoms with Crippen molar-refractivity contribution in [2.24, 2.45) is 0 Å². The van der Waals surface area contributed by atoms with Crippen LogP contribution in [0.4, 0.5) is 5.13 Å². The molecule has 1 aromatic rings. The molecule has 6 heteroatoms. The van der Waals surface area contributed by atoms with Crippen LogP contribution in [0.3, 0.4) is 0 Å². The molecule has 1 fully saturated rings. The van der Waals surface area contributed by atoms with E-state index >= 15 is 0 Å². The molecule has 1 aromatic heterocycles. The summed E-state index contributed by atoms with van der Waals surface area (Å²) < 4.78 is 5.31. The first kappa shape index (κ1) is 12.7. The minimum atomic E-state index is 0. The Kier molecular flexibility index (Phi) is 4.79. The molecule has 86 valence electrons. The molecule has 0 saturated carbocycles. The summed E-state index contributed by atoms with van der Waals surface area (Å²) in [7, 11) is 1.78. The maximum absolute atomic E-state index is 5.57. The first-order valence-electron chi connectivity index (χ1n) is 4.73. The van der Waals surface area contributed by atoms with Crippen LogP contribution < -0.4 is 5.73 Å². The van der Waals surface area contributed by atoms with Crippen molar-refractivity contribution >= 4 is 28.9 Å². The standard InChI is InChI=1S/C9H15N3OS.ClH/c1-13-7-2-3-12(5-7)6-8-4-11-9(10)14-8;/h4,7H,2-3,5-6H2,1H3,(H2,10,11);1H/t7-;/m1./s1. The summed E-state index contributed by atoms with van der Waals surface area (Å²) in [6.45, 7) is 3.08. The quantitative estimate of drug-likeness (QED) is 0.879. The van der Waals surface area contributed by atoms with E-state index in [4.69, 9.17) is 10.5 Å². The summed E-state index contributed by atoms with van der Waals surface area (Å²) in [5.74, 6) is 0. The maximum atomic E-state index is 5.57. The zero-order valence-electron chi connectivity index (χ0n) is 8.68.